The van der Waals surface area contributed by atoms with E-state index in [0.29, 0.717) is 5.56 Å². The Morgan fingerprint density at radius 1 is 1.39 bits per heavy atom. The molecule has 2 aliphatic heterocycles. The Labute approximate surface area is 132 Å². The van der Waals surface area contributed by atoms with E-state index in [1.807, 2.05) is 0 Å². The van der Waals surface area contributed by atoms with Crippen LogP contribution in [0.1, 0.15) is 35.2 Å². The van der Waals surface area contributed by atoms with Crippen molar-refractivity contribution < 1.29 is 33.7 Å². The first-order chi connectivity index (χ1) is 10.9. The fraction of sp³-hybridized carbons (Fsp3) is 0.438. The Bertz CT molecular complexity index is 709. The first-order valence-corrected chi connectivity index (χ1v) is 7.21. The molecule has 0 unspecified atom stereocenters. The topological polar surface area (TPSA) is 99.1 Å². The number of esters is 2. The second kappa shape index (κ2) is 5.26. The molecule has 1 aromatic carbocycles. The van der Waals surface area contributed by atoms with Gasteiger partial charge < -0.3 is 19.3 Å². The molecule has 0 spiro atoms. The number of fused-ring (bicyclic) bond motifs is 1. The third-order valence-corrected chi connectivity index (χ3v) is 4.16. The molecule has 0 amide bonds. The van der Waals surface area contributed by atoms with E-state index in [0.717, 1.165) is 0 Å². The standard InChI is InChI=1S/C16H16O7/c1-8-5-9(17)14-10(18)7-16(15(20)21-2,23-11(14)6-8)12-3-4-13(19)22-12/h5-6,12,17H,3-4,7H2,1-2H3/t12-,16-/m0/s1. The van der Waals surface area contributed by atoms with Crippen molar-refractivity contribution in [3.05, 3.63) is 23.3 Å². The zero-order valence-electron chi connectivity index (χ0n) is 12.8. The third-order valence-electron chi connectivity index (χ3n) is 4.16. The number of hydrogen-bond acceptors (Lipinski definition) is 7. The van der Waals surface area contributed by atoms with Crippen LogP contribution in [-0.2, 0) is 19.1 Å². The number of phenols is 1. The van der Waals surface area contributed by atoms with Gasteiger partial charge in [-0.2, -0.15) is 0 Å². The monoisotopic (exact) mass is 320 g/mol. The fourth-order valence-electron chi connectivity index (χ4n) is 3.11. The van der Waals surface area contributed by atoms with Gasteiger partial charge >= 0.3 is 11.9 Å². The molecule has 1 aromatic rings. The van der Waals surface area contributed by atoms with E-state index in [4.69, 9.17) is 14.2 Å². The molecule has 7 heteroatoms. The smallest absolute Gasteiger partial charge is 0.354 e. The van der Waals surface area contributed by atoms with Gasteiger partial charge in [0.05, 0.1) is 13.5 Å². The molecule has 23 heavy (non-hydrogen) atoms. The van der Waals surface area contributed by atoms with Gasteiger partial charge in [0.2, 0.25) is 5.60 Å². The third kappa shape index (κ3) is 2.32. The molecular weight excluding hydrogens is 304 g/mol. The summed E-state index contributed by atoms with van der Waals surface area (Å²) in [5.74, 6) is -1.81. The minimum Gasteiger partial charge on any atom is -0.507 e. The average molecular weight is 320 g/mol. The van der Waals surface area contributed by atoms with Crippen molar-refractivity contribution in [2.24, 2.45) is 0 Å². The van der Waals surface area contributed by atoms with Gasteiger partial charge in [0.15, 0.2) is 11.9 Å². The molecule has 0 radical (unpaired) electrons. The van der Waals surface area contributed by atoms with Crippen molar-refractivity contribution in [1.29, 1.82) is 0 Å². The molecule has 0 aromatic heterocycles. The highest BCUT2D eigenvalue weighted by atomic mass is 16.6. The normalized spacial score (nSPS) is 26.3. The van der Waals surface area contributed by atoms with Crippen molar-refractivity contribution in [2.45, 2.75) is 37.9 Å². The zero-order chi connectivity index (χ0) is 16.8. The van der Waals surface area contributed by atoms with Gasteiger partial charge in [-0.3, -0.25) is 9.59 Å². The number of Topliss-reactive ketones (excluding diaryl/α,β-unsaturated/α-hetero) is 1. The molecule has 2 atom stereocenters. The van der Waals surface area contributed by atoms with Crippen LogP contribution in [0, 0.1) is 6.92 Å². The number of ketones is 1. The number of carbonyl (C=O) groups excluding carboxylic acids is 3. The van der Waals surface area contributed by atoms with Crippen LogP contribution < -0.4 is 4.74 Å². The van der Waals surface area contributed by atoms with Gasteiger partial charge in [0.1, 0.15) is 17.1 Å². The summed E-state index contributed by atoms with van der Waals surface area (Å²) in [4.78, 5) is 36.3. The number of methoxy groups -OCH3 is 1. The summed E-state index contributed by atoms with van der Waals surface area (Å²) in [6.07, 6.45) is -0.857. The predicted molar refractivity (Wildman–Crippen MR) is 76.3 cm³/mol. The van der Waals surface area contributed by atoms with Crippen molar-refractivity contribution in [3.63, 3.8) is 0 Å². The number of carbonyl (C=O) groups is 3. The van der Waals surface area contributed by atoms with E-state index in [2.05, 4.69) is 0 Å². The highest BCUT2D eigenvalue weighted by Crippen LogP contribution is 2.43. The van der Waals surface area contributed by atoms with E-state index in [1.54, 1.807) is 13.0 Å². The predicted octanol–water partition coefficient (Wildman–Crippen LogP) is 1.28. The summed E-state index contributed by atoms with van der Waals surface area (Å²) in [7, 11) is 1.18. The first-order valence-electron chi connectivity index (χ1n) is 7.21. The summed E-state index contributed by atoms with van der Waals surface area (Å²) >= 11 is 0. The molecule has 0 bridgehead atoms. The molecule has 122 valence electrons. The van der Waals surface area contributed by atoms with Crippen molar-refractivity contribution in [2.75, 3.05) is 7.11 Å². The first kappa shape index (κ1) is 15.3. The quantitative estimate of drug-likeness (QED) is 0.819. The van der Waals surface area contributed by atoms with Crippen LogP contribution in [-0.4, -0.2) is 41.6 Å². The Morgan fingerprint density at radius 2 is 2.13 bits per heavy atom. The Balaban J connectivity index is 2.10. The highest BCUT2D eigenvalue weighted by Gasteiger charge is 2.57. The van der Waals surface area contributed by atoms with Crippen LogP contribution in [0.5, 0.6) is 11.5 Å². The number of benzene rings is 1. The summed E-state index contributed by atoms with van der Waals surface area (Å²) in [6, 6.07) is 3.00. The molecule has 0 saturated carbocycles. The molecular formula is C16H16O7. The molecule has 2 aliphatic rings. The van der Waals surface area contributed by atoms with Crippen LogP contribution in [0.2, 0.25) is 0 Å². The van der Waals surface area contributed by atoms with Crippen LogP contribution in [0.3, 0.4) is 0 Å². The summed E-state index contributed by atoms with van der Waals surface area (Å²) in [5, 5.41) is 9.98. The van der Waals surface area contributed by atoms with Crippen molar-refractivity contribution in [3.8, 4) is 11.5 Å². The van der Waals surface area contributed by atoms with Gasteiger partial charge in [-0.25, -0.2) is 4.79 Å². The van der Waals surface area contributed by atoms with Gasteiger partial charge in [0.25, 0.3) is 0 Å². The Hall–Kier alpha value is -2.57. The second-order valence-corrected chi connectivity index (χ2v) is 5.76. The number of aryl methyl sites for hydroxylation is 1. The molecule has 7 nitrogen and oxygen atoms in total. The van der Waals surface area contributed by atoms with Gasteiger partial charge in [-0.1, -0.05) is 0 Å². The maximum Gasteiger partial charge on any atom is 0.354 e. The SMILES string of the molecule is COC(=O)[C@@]1([C@@H]2CCC(=O)O2)CC(=O)c2c(O)cc(C)cc2O1. The molecule has 1 fully saturated rings. The minimum atomic E-state index is -1.72. The number of hydrogen-bond donors (Lipinski definition) is 1. The lowest BCUT2D eigenvalue weighted by Gasteiger charge is -2.38. The lowest BCUT2D eigenvalue weighted by Crippen LogP contribution is -2.58. The second-order valence-electron chi connectivity index (χ2n) is 5.76. The molecule has 1 N–H and O–H groups in total. The maximum atomic E-state index is 12.5. The van der Waals surface area contributed by atoms with E-state index in [1.165, 1.54) is 13.2 Å². The van der Waals surface area contributed by atoms with Crippen LogP contribution in [0.4, 0.5) is 0 Å². The van der Waals surface area contributed by atoms with Gasteiger partial charge in [-0.05, 0) is 31.0 Å². The summed E-state index contributed by atoms with van der Waals surface area (Å²) < 4.78 is 15.8. The number of aromatic hydroxyl groups is 1. The van der Waals surface area contributed by atoms with Gasteiger partial charge in [0, 0.05) is 6.42 Å². The van der Waals surface area contributed by atoms with E-state index in [-0.39, 0.29) is 36.3 Å². The maximum absolute atomic E-state index is 12.5. The Morgan fingerprint density at radius 3 is 2.74 bits per heavy atom. The number of rotatable bonds is 2. The van der Waals surface area contributed by atoms with Gasteiger partial charge in [-0.15, -0.1) is 0 Å². The lowest BCUT2D eigenvalue weighted by atomic mass is 9.83. The van der Waals surface area contributed by atoms with Crippen LogP contribution >= 0.6 is 0 Å². The fourth-order valence-corrected chi connectivity index (χ4v) is 3.11. The van der Waals surface area contributed by atoms with E-state index in [9.17, 15) is 19.5 Å². The summed E-state index contributed by atoms with van der Waals surface area (Å²) in [6.45, 7) is 1.72. The molecule has 0 aliphatic carbocycles. The van der Waals surface area contributed by atoms with Crippen molar-refractivity contribution >= 4 is 17.7 Å². The van der Waals surface area contributed by atoms with Crippen LogP contribution in [0.15, 0.2) is 12.1 Å². The largest absolute Gasteiger partial charge is 0.507 e. The Kier molecular flexibility index (Phi) is 3.50. The average Bonchev–Trinajstić information content (AvgIpc) is 2.92. The molecule has 3 rings (SSSR count). The number of phenolic OH excluding ortho intramolecular Hbond substituents is 1. The highest BCUT2D eigenvalue weighted by molar-refractivity contribution is 6.06. The van der Waals surface area contributed by atoms with Crippen LogP contribution in [0.25, 0.3) is 0 Å². The number of cyclic esters (lactones) is 1. The lowest BCUT2D eigenvalue weighted by molar-refractivity contribution is -0.175. The molecule has 1 saturated heterocycles. The minimum absolute atomic E-state index is 0.0273. The van der Waals surface area contributed by atoms with Crippen molar-refractivity contribution in [1.82, 2.24) is 0 Å². The molecule has 2 heterocycles. The zero-order valence-corrected chi connectivity index (χ0v) is 12.8. The van der Waals surface area contributed by atoms with E-state index < -0.39 is 29.4 Å². The summed E-state index contributed by atoms with van der Waals surface area (Å²) in [5.41, 5.74) is -1.02. The number of ether oxygens (including phenoxy) is 3. The van der Waals surface area contributed by atoms with E-state index >= 15 is 0 Å².